The van der Waals surface area contributed by atoms with Crippen molar-refractivity contribution in [3.05, 3.63) is 40.0 Å². The quantitative estimate of drug-likeness (QED) is 0.605. The lowest BCUT2D eigenvalue weighted by molar-refractivity contribution is -0.138. The number of nitrogen functional groups attached to an aromatic ring is 1. The van der Waals surface area contributed by atoms with Crippen LogP contribution in [0.3, 0.4) is 0 Å². The van der Waals surface area contributed by atoms with Gasteiger partial charge in [-0.05, 0) is 18.2 Å². The van der Waals surface area contributed by atoms with Gasteiger partial charge >= 0.3 is 12.1 Å². The summed E-state index contributed by atoms with van der Waals surface area (Å²) in [5.41, 5.74) is 4.64. The number of nitrogens with zero attached hydrogens (tertiary/aromatic N) is 2. The molecule has 2 aromatic rings. The molecule has 0 spiro atoms. The third-order valence-corrected chi connectivity index (χ3v) is 3.36. The predicted molar refractivity (Wildman–Crippen MR) is 90.5 cm³/mol. The van der Waals surface area contributed by atoms with Gasteiger partial charge in [0, 0.05) is 11.9 Å². The standard InChI is InChI=1S/C11H7Cl2F3N4.C3H6O3/c12-7-2-1-5(3-8(7)13)19-10-18-4-6(9(17)20-10)11(14,15)16;4-2-1-3(5)6/h1-4H,(H3,17,18,19,20);4H,1-2H2,(H,5,6). The highest BCUT2D eigenvalue weighted by Gasteiger charge is 2.34. The first-order valence-electron chi connectivity index (χ1n) is 6.79. The molecule has 0 fully saturated rings. The highest BCUT2D eigenvalue weighted by atomic mass is 35.5. The highest BCUT2D eigenvalue weighted by Crippen LogP contribution is 2.33. The van der Waals surface area contributed by atoms with E-state index in [1.165, 1.54) is 12.1 Å². The van der Waals surface area contributed by atoms with Crippen LogP contribution in [0.4, 0.5) is 30.6 Å². The second-order valence-electron chi connectivity index (χ2n) is 4.61. The van der Waals surface area contributed by atoms with Crippen molar-refractivity contribution < 1.29 is 28.2 Å². The van der Waals surface area contributed by atoms with Gasteiger partial charge in [-0.3, -0.25) is 4.79 Å². The van der Waals surface area contributed by atoms with E-state index in [1.807, 2.05) is 0 Å². The normalized spacial score (nSPS) is 10.7. The summed E-state index contributed by atoms with van der Waals surface area (Å²) in [6, 6.07) is 4.59. The number of carboxylic acids is 1. The van der Waals surface area contributed by atoms with Crippen molar-refractivity contribution in [2.75, 3.05) is 17.7 Å². The molecule has 0 bridgehead atoms. The summed E-state index contributed by atoms with van der Waals surface area (Å²) in [7, 11) is 0. The number of aliphatic carboxylic acids is 1. The smallest absolute Gasteiger partial charge is 0.421 e. The Morgan fingerprint density at radius 2 is 1.92 bits per heavy atom. The van der Waals surface area contributed by atoms with Crippen LogP contribution in [0.2, 0.25) is 10.0 Å². The van der Waals surface area contributed by atoms with Crippen molar-refractivity contribution >= 4 is 46.6 Å². The van der Waals surface area contributed by atoms with E-state index in [9.17, 15) is 18.0 Å². The number of nitrogens with one attached hydrogen (secondary N) is 1. The van der Waals surface area contributed by atoms with E-state index in [4.69, 9.17) is 39.1 Å². The summed E-state index contributed by atoms with van der Waals surface area (Å²) in [5.74, 6) is -1.69. The molecule has 12 heteroatoms. The second-order valence-corrected chi connectivity index (χ2v) is 5.43. The summed E-state index contributed by atoms with van der Waals surface area (Å²) in [5, 5.41) is 18.9. The van der Waals surface area contributed by atoms with Gasteiger partial charge in [-0.2, -0.15) is 18.2 Å². The van der Waals surface area contributed by atoms with Gasteiger partial charge in [0.2, 0.25) is 5.95 Å². The monoisotopic (exact) mass is 412 g/mol. The molecule has 0 unspecified atom stereocenters. The molecule has 0 atom stereocenters. The first-order valence-corrected chi connectivity index (χ1v) is 7.54. The maximum Gasteiger partial charge on any atom is 0.421 e. The third kappa shape index (κ3) is 6.90. The minimum absolute atomic E-state index is 0.0751. The van der Waals surface area contributed by atoms with Gasteiger partial charge in [-0.1, -0.05) is 23.2 Å². The van der Waals surface area contributed by atoms with E-state index in [2.05, 4.69) is 15.3 Å². The van der Waals surface area contributed by atoms with Crippen LogP contribution in [0.1, 0.15) is 12.0 Å². The molecule has 0 amide bonds. The number of rotatable bonds is 4. The van der Waals surface area contributed by atoms with Gasteiger partial charge in [0.25, 0.3) is 0 Å². The fourth-order valence-electron chi connectivity index (χ4n) is 1.47. The Balaban J connectivity index is 0.000000487. The Labute approximate surface area is 155 Å². The van der Waals surface area contributed by atoms with Crippen LogP contribution in [-0.2, 0) is 11.0 Å². The SMILES string of the molecule is Nc1nc(Nc2ccc(Cl)c(Cl)c2)ncc1C(F)(F)F.O=C(O)CCO. The van der Waals surface area contributed by atoms with Crippen LogP contribution in [0.5, 0.6) is 0 Å². The van der Waals surface area contributed by atoms with Gasteiger partial charge in [0.1, 0.15) is 11.4 Å². The molecule has 0 saturated carbocycles. The average molecular weight is 413 g/mol. The largest absolute Gasteiger partial charge is 0.481 e. The van der Waals surface area contributed by atoms with Crippen molar-refractivity contribution in [3.8, 4) is 0 Å². The molecule has 2 rings (SSSR count). The van der Waals surface area contributed by atoms with Crippen molar-refractivity contribution in [3.63, 3.8) is 0 Å². The number of alkyl halides is 3. The van der Waals surface area contributed by atoms with Crippen LogP contribution in [-0.4, -0.2) is 32.8 Å². The molecule has 7 nitrogen and oxygen atoms in total. The van der Waals surface area contributed by atoms with E-state index in [1.54, 1.807) is 6.07 Å². The topological polar surface area (TPSA) is 121 Å². The maximum atomic E-state index is 12.5. The third-order valence-electron chi connectivity index (χ3n) is 2.63. The Hall–Kier alpha value is -2.30. The Kier molecular flexibility index (Phi) is 7.87. The molecule has 0 radical (unpaired) electrons. The molecule has 1 heterocycles. The summed E-state index contributed by atoms with van der Waals surface area (Å²) in [4.78, 5) is 16.5. The Morgan fingerprint density at radius 3 is 2.35 bits per heavy atom. The molecule has 1 aromatic carbocycles. The van der Waals surface area contributed by atoms with E-state index < -0.39 is 23.5 Å². The van der Waals surface area contributed by atoms with Crippen LogP contribution >= 0.6 is 23.2 Å². The van der Waals surface area contributed by atoms with E-state index in [-0.39, 0.29) is 24.0 Å². The van der Waals surface area contributed by atoms with Gasteiger partial charge < -0.3 is 21.3 Å². The second kappa shape index (κ2) is 9.41. The number of hydrogen-bond donors (Lipinski definition) is 4. The Bertz CT molecular complexity index is 776. The zero-order valence-corrected chi connectivity index (χ0v) is 14.4. The van der Waals surface area contributed by atoms with Crippen LogP contribution < -0.4 is 11.1 Å². The van der Waals surface area contributed by atoms with Gasteiger partial charge in [-0.15, -0.1) is 0 Å². The lowest BCUT2D eigenvalue weighted by Crippen LogP contribution is -2.12. The summed E-state index contributed by atoms with van der Waals surface area (Å²) >= 11 is 11.6. The van der Waals surface area contributed by atoms with Crippen LogP contribution in [0.25, 0.3) is 0 Å². The number of nitrogens with two attached hydrogens (primary N) is 1. The van der Waals surface area contributed by atoms with Crippen molar-refractivity contribution in [1.29, 1.82) is 0 Å². The fourth-order valence-corrected chi connectivity index (χ4v) is 1.77. The molecule has 0 saturated heterocycles. The summed E-state index contributed by atoms with van der Waals surface area (Å²) < 4.78 is 37.5. The van der Waals surface area contributed by atoms with Crippen LogP contribution in [0.15, 0.2) is 24.4 Å². The molecular formula is C14H13Cl2F3N4O3. The predicted octanol–water partition coefficient (Wildman–Crippen LogP) is 3.58. The summed E-state index contributed by atoms with van der Waals surface area (Å²) in [6.07, 6.45) is -4.13. The van der Waals surface area contributed by atoms with E-state index in [0.29, 0.717) is 16.9 Å². The molecule has 26 heavy (non-hydrogen) atoms. The van der Waals surface area contributed by atoms with E-state index in [0.717, 1.165) is 0 Å². The van der Waals surface area contributed by atoms with Crippen LogP contribution in [0, 0.1) is 0 Å². The van der Waals surface area contributed by atoms with Crippen molar-refractivity contribution in [2.45, 2.75) is 12.6 Å². The van der Waals surface area contributed by atoms with Gasteiger partial charge in [0.15, 0.2) is 0 Å². The number of halogens is 5. The molecule has 0 aliphatic rings. The van der Waals surface area contributed by atoms with Crippen molar-refractivity contribution in [1.82, 2.24) is 9.97 Å². The van der Waals surface area contributed by atoms with E-state index >= 15 is 0 Å². The molecule has 0 aliphatic heterocycles. The molecule has 142 valence electrons. The zero-order chi connectivity index (χ0) is 19.9. The number of hydrogen-bond acceptors (Lipinski definition) is 6. The number of aliphatic hydroxyl groups is 1. The maximum absolute atomic E-state index is 12.5. The van der Waals surface area contributed by atoms with Gasteiger partial charge in [0.05, 0.1) is 23.1 Å². The van der Waals surface area contributed by atoms with Crippen molar-refractivity contribution in [2.24, 2.45) is 0 Å². The number of carbonyl (C=O) groups is 1. The number of aromatic nitrogens is 2. The number of aliphatic hydroxyl groups excluding tert-OH is 1. The average Bonchev–Trinajstić information content (AvgIpc) is 2.50. The zero-order valence-electron chi connectivity index (χ0n) is 12.9. The number of benzene rings is 1. The molecule has 0 aliphatic carbocycles. The number of carboxylic acid groups (broad SMARTS) is 1. The Morgan fingerprint density at radius 1 is 1.27 bits per heavy atom. The molecule has 5 N–H and O–H groups in total. The van der Waals surface area contributed by atoms with Gasteiger partial charge in [-0.25, -0.2) is 4.98 Å². The fraction of sp³-hybridized carbons (Fsp3) is 0.214. The first-order chi connectivity index (χ1) is 12.0. The lowest BCUT2D eigenvalue weighted by Gasteiger charge is -2.10. The minimum atomic E-state index is -4.59. The number of anilines is 3. The minimum Gasteiger partial charge on any atom is -0.481 e. The molecular weight excluding hydrogens is 400 g/mol. The summed E-state index contributed by atoms with van der Waals surface area (Å²) in [6.45, 7) is -0.269. The lowest BCUT2D eigenvalue weighted by atomic mass is 10.3. The first kappa shape index (κ1) is 21.7. The highest BCUT2D eigenvalue weighted by molar-refractivity contribution is 6.42. The molecule has 1 aromatic heterocycles.